The molecule has 260 valence electrons. The van der Waals surface area contributed by atoms with Crippen LogP contribution in [0, 0.1) is 0 Å². The van der Waals surface area contributed by atoms with Crippen molar-refractivity contribution in [2.75, 3.05) is 0 Å². The number of rotatable bonds is 4. The van der Waals surface area contributed by atoms with Crippen LogP contribution in [0.2, 0.25) is 0 Å². The molecule has 0 spiro atoms. The van der Waals surface area contributed by atoms with Crippen LogP contribution in [0.5, 0.6) is 0 Å². The molecule has 0 amide bonds. The highest BCUT2D eigenvalue weighted by atomic mass is 16.3. The Hall–Kier alpha value is -7.42. The van der Waals surface area contributed by atoms with Gasteiger partial charge >= 0.3 is 0 Å². The molecule has 0 aliphatic rings. The van der Waals surface area contributed by atoms with Gasteiger partial charge in [-0.15, -0.1) is 0 Å². The van der Waals surface area contributed by atoms with Gasteiger partial charge in [-0.05, 0) is 113 Å². The summed E-state index contributed by atoms with van der Waals surface area (Å²) in [4.78, 5) is 0. The van der Waals surface area contributed by atoms with Crippen molar-refractivity contribution in [2.24, 2.45) is 0 Å². The molecule has 0 saturated carbocycles. The molecule has 0 unspecified atom stereocenters. The lowest BCUT2D eigenvalue weighted by Crippen LogP contribution is -1.93. The average Bonchev–Trinajstić information content (AvgIpc) is 3.97. The smallest absolute Gasteiger partial charge is 0.136 e. The normalized spacial score (nSPS) is 16.2. The van der Waals surface area contributed by atoms with Crippen LogP contribution in [0.1, 0.15) is 23.3 Å². The van der Waals surface area contributed by atoms with Crippen LogP contribution in [-0.4, -0.2) is 0 Å². The van der Waals surface area contributed by atoms with Gasteiger partial charge in [-0.25, -0.2) is 0 Å². The first-order valence-corrected chi connectivity index (χ1v) is 17.8. The van der Waals surface area contributed by atoms with E-state index in [1.165, 1.54) is 0 Å². The summed E-state index contributed by atoms with van der Waals surface area (Å²) in [6.07, 6.45) is 0. The fourth-order valence-corrected chi connectivity index (χ4v) is 8.17. The number of benzene rings is 10. The molecule has 0 aliphatic heterocycles. The molecular weight excluding hydrogens is 681 g/mol. The third-order valence-electron chi connectivity index (χ3n) is 10.5. The number of furan rings is 2. The lowest BCUT2D eigenvalue weighted by Gasteiger charge is -2.20. The number of fused-ring (bicyclic) bond motifs is 10. The maximum Gasteiger partial charge on any atom is 0.136 e. The largest absolute Gasteiger partial charge is 0.456 e. The maximum absolute atomic E-state index is 9.52. The van der Waals surface area contributed by atoms with Gasteiger partial charge in [0.2, 0.25) is 0 Å². The molecule has 0 saturated heterocycles. The second kappa shape index (κ2) is 12.0. The Morgan fingerprint density at radius 1 is 0.321 bits per heavy atom. The van der Waals surface area contributed by atoms with Crippen LogP contribution in [0.3, 0.4) is 0 Å². The Morgan fingerprint density at radius 3 is 1.66 bits per heavy atom. The monoisotopic (exact) mass is 729 g/mol. The van der Waals surface area contributed by atoms with E-state index in [-0.39, 0.29) is 21.9 Å². The van der Waals surface area contributed by atoms with Gasteiger partial charge in [-0.1, -0.05) is 157 Å². The lowest BCUT2D eigenvalue weighted by molar-refractivity contribution is 0.663. The summed E-state index contributed by atoms with van der Waals surface area (Å²) in [6, 6.07) is 15.1. The average molecular weight is 730 g/mol. The van der Waals surface area contributed by atoms with Crippen LogP contribution < -0.4 is 0 Å². The van der Waals surface area contributed by atoms with Crippen molar-refractivity contribution in [1.82, 2.24) is 0 Å². The van der Waals surface area contributed by atoms with E-state index < -0.39 is 136 Å². The number of hydrogen-bond acceptors (Lipinski definition) is 2. The molecular formula is C54H32O2. The summed E-state index contributed by atoms with van der Waals surface area (Å²) in [7, 11) is 0. The highest BCUT2D eigenvalue weighted by Crippen LogP contribution is 2.47. The van der Waals surface area contributed by atoms with Gasteiger partial charge in [0.05, 0.1) is 23.3 Å². The molecule has 2 heteroatoms. The van der Waals surface area contributed by atoms with Crippen molar-refractivity contribution in [1.29, 1.82) is 0 Å². The van der Waals surface area contributed by atoms with Gasteiger partial charge in [-0.2, -0.15) is 0 Å². The highest BCUT2D eigenvalue weighted by Gasteiger charge is 2.20. The number of hydrogen-bond donors (Lipinski definition) is 0. The summed E-state index contributed by atoms with van der Waals surface area (Å²) in [5.74, 6) is 0. The van der Waals surface area contributed by atoms with Crippen LogP contribution in [0.4, 0.5) is 0 Å². The minimum Gasteiger partial charge on any atom is -0.456 e. The zero-order valence-corrected chi connectivity index (χ0v) is 29.0. The molecule has 0 radical (unpaired) electrons. The summed E-state index contributed by atoms with van der Waals surface area (Å²) in [5.41, 5.74) is 2.29. The Morgan fingerprint density at radius 2 is 0.911 bits per heavy atom. The fraction of sp³-hybridized carbons (Fsp3) is 0. The van der Waals surface area contributed by atoms with Gasteiger partial charge in [0, 0.05) is 21.5 Å². The minimum atomic E-state index is -0.865. The topological polar surface area (TPSA) is 26.3 Å². The van der Waals surface area contributed by atoms with Crippen LogP contribution in [0.25, 0.3) is 121 Å². The number of para-hydroxylation sites is 1. The van der Waals surface area contributed by atoms with Crippen LogP contribution >= 0.6 is 0 Å². The zero-order chi connectivity index (χ0) is 51.5. The summed E-state index contributed by atoms with van der Waals surface area (Å²) >= 11 is 0. The van der Waals surface area contributed by atoms with Gasteiger partial charge < -0.3 is 8.83 Å². The van der Waals surface area contributed by atoms with E-state index in [9.17, 15) is 8.22 Å². The molecule has 56 heavy (non-hydrogen) atoms. The first-order valence-electron chi connectivity index (χ1n) is 26.3. The minimum absolute atomic E-state index is 0.0352. The highest BCUT2D eigenvalue weighted by molar-refractivity contribution is 6.26. The van der Waals surface area contributed by atoms with E-state index in [1.54, 1.807) is 18.2 Å². The third-order valence-corrected chi connectivity index (χ3v) is 10.5. The molecule has 2 nitrogen and oxygen atoms in total. The second-order valence-electron chi connectivity index (χ2n) is 13.5. The molecule has 0 fully saturated rings. The first kappa shape index (κ1) is 18.8. The summed E-state index contributed by atoms with van der Waals surface area (Å²) in [6.45, 7) is 0. The van der Waals surface area contributed by atoms with Crippen LogP contribution in [-0.2, 0) is 0 Å². The molecule has 12 rings (SSSR count). The van der Waals surface area contributed by atoms with Crippen molar-refractivity contribution in [3.8, 4) is 44.5 Å². The molecule has 0 N–H and O–H groups in total. The van der Waals surface area contributed by atoms with Crippen LogP contribution in [0.15, 0.2) is 203 Å². The van der Waals surface area contributed by atoms with E-state index in [1.807, 2.05) is 72.8 Å². The van der Waals surface area contributed by atoms with Crippen molar-refractivity contribution in [3.63, 3.8) is 0 Å². The molecule has 2 aromatic heterocycles. The van der Waals surface area contributed by atoms with Gasteiger partial charge in [0.1, 0.15) is 22.3 Å². The van der Waals surface area contributed by atoms with E-state index >= 15 is 0 Å². The molecule has 12 aromatic rings. The van der Waals surface area contributed by atoms with E-state index in [4.69, 9.17) is 23.9 Å². The van der Waals surface area contributed by atoms with E-state index in [0.717, 1.165) is 49.2 Å². The van der Waals surface area contributed by atoms with Crippen molar-refractivity contribution in [2.45, 2.75) is 0 Å². The maximum atomic E-state index is 9.52. The Bertz CT molecular complexity index is 4430. The van der Waals surface area contributed by atoms with Gasteiger partial charge in [0.25, 0.3) is 0 Å². The molecule has 0 bridgehead atoms. The SMILES string of the molecule is [2H]c1c([2H])c([2H])c(-c2c([2H])c([2H])c([2H])c([2H])c2-c2c3c([2H])c([2H])c([2H])c([2H])c3c(-c3ccc4c(-c5ccc6c(c5)oc5ccc7oc8ccccc8c7c56)cccc4c3)c3c([2H])c([2H])c([2H])c([2H])c23)c([2H])c1[2H]. The molecule has 2 heterocycles. The second-order valence-corrected chi connectivity index (χ2v) is 13.5. The van der Waals surface area contributed by atoms with E-state index in [2.05, 4.69) is 0 Å². The van der Waals surface area contributed by atoms with Crippen molar-refractivity contribution >= 4 is 76.2 Å². The fourth-order valence-electron chi connectivity index (χ4n) is 8.17. The Kier molecular flexibility index (Phi) is 4.03. The van der Waals surface area contributed by atoms with Crippen molar-refractivity contribution < 1.29 is 32.1 Å². The van der Waals surface area contributed by atoms with E-state index in [0.29, 0.717) is 16.6 Å². The molecule has 0 atom stereocenters. The standard InChI is InChI=1S/C54H32O2/c1-2-13-33(14-3-1)37-16-4-5-17-40(37)52-43-20-8-6-18-41(43)51(42-19-7-9-21-44(42)52)36-26-27-39-34(31-36)15-12-23-38(39)35-25-28-46-50(32-35)56-49-30-29-48-53(54(46)49)45-22-10-11-24-47(45)55-48/h1-32H/i1D,2D,3D,4D,5D,6D,7D,8D,9D,13D,14D,16D,17D,18D,19D,20D,21D. The Labute approximate surface area is 346 Å². The first-order chi connectivity index (χ1) is 34.8. The quantitative estimate of drug-likeness (QED) is 0.169. The predicted molar refractivity (Wildman–Crippen MR) is 235 cm³/mol. The third kappa shape index (κ3) is 4.57. The summed E-state index contributed by atoms with van der Waals surface area (Å²) < 4.78 is 166. The van der Waals surface area contributed by atoms with Gasteiger partial charge in [-0.3, -0.25) is 0 Å². The molecule has 10 aromatic carbocycles. The molecule has 0 aliphatic carbocycles. The predicted octanol–water partition coefficient (Wildman–Crippen LogP) is 15.6. The van der Waals surface area contributed by atoms with Crippen molar-refractivity contribution in [3.05, 3.63) is 194 Å². The lowest BCUT2D eigenvalue weighted by atomic mass is 9.83. The Balaban J connectivity index is 1.17. The zero-order valence-electron chi connectivity index (χ0n) is 46.0. The summed E-state index contributed by atoms with van der Waals surface area (Å²) in [5, 5.41) is 3.80. The van der Waals surface area contributed by atoms with Gasteiger partial charge in [0.15, 0.2) is 0 Å².